The van der Waals surface area contributed by atoms with Crippen LogP contribution in [0.25, 0.3) is 47.5 Å². The van der Waals surface area contributed by atoms with Crippen molar-refractivity contribution < 1.29 is 4.42 Å². The summed E-state index contributed by atoms with van der Waals surface area (Å²) in [4.78, 5) is 22.2. The van der Waals surface area contributed by atoms with Crippen LogP contribution in [-0.4, -0.2) is 49.0 Å². The molecule has 11 aromatic rings. The molecule has 0 bridgehead atoms. The molecule has 0 radical (unpaired) electrons. The van der Waals surface area contributed by atoms with Gasteiger partial charge in [0.2, 0.25) is 0 Å². The maximum absolute atomic E-state index is 5.52. The Labute approximate surface area is 532 Å². The van der Waals surface area contributed by atoms with Crippen LogP contribution in [-0.2, 0) is 0 Å². The number of aromatic nitrogens is 7. The van der Waals surface area contributed by atoms with Crippen LogP contribution in [0.2, 0.25) is 0 Å². The number of benzene rings is 4. The molecule has 0 spiro atoms. The first-order valence-corrected chi connectivity index (χ1v) is 35.3. The van der Waals surface area contributed by atoms with E-state index in [-0.39, 0.29) is 0 Å². The van der Waals surface area contributed by atoms with Crippen molar-refractivity contribution in [1.82, 2.24) is 34.5 Å². The molecule has 0 aliphatic rings. The molecule has 85 heavy (non-hydrogen) atoms. The average molecular weight is 1260 g/mol. The Kier molecular flexibility index (Phi) is 50.4. The first-order valence-electron chi connectivity index (χ1n) is 31.9. The van der Waals surface area contributed by atoms with E-state index in [2.05, 4.69) is 192 Å². The number of hydrogen-bond acceptors (Lipinski definition) is 9. The summed E-state index contributed by atoms with van der Waals surface area (Å²) >= 11 is 4.00. The van der Waals surface area contributed by atoms with Crippen molar-refractivity contribution in [1.29, 1.82) is 0 Å². The molecule has 0 fully saturated rings. The Morgan fingerprint density at radius 3 is 1.42 bits per heavy atom. The van der Waals surface area contributed by atoms with Crippen molar-refractivity contribution >= 4 is 84.7 Å². The van der Waals surface area contributed by atoms with E-state index in [0.29, 0.717) is 50.0 Å². The Morgan fingerprint density at radius 1 is 0.424 bits per heavy atom. The van der Waals surface area contributed by atoms with Gasteiger partial charge in [-0.1, -0.05) is 235 Å². The maximum atomic E-state index is 5.52. The second kappa shape index (κ2) is 51.4. The molecule has 0 aliphatic heterocycles. The molecule has 0 saturated heterocycles. The standard InChI is InChI=1S/C12H13N.C10H12N2.C10H11NO.C10H11NS.C10H11NSe.C6H9NS.8C2H6/c1-9(2)11-8-7-10-5-3-4-6-12(10)13-11;1-8(2)10-7-9-5-3-4-6-12(9)11-10;3*1-7(2)10-11-8-5-3-4-6-9(8)12-10;1-5(2)6-7-3-4-8-6;8*1-2/h3-9H,1-2H3;3-8H,1-2H3;3*3-7H,1-2H3;3-5H,1-2H3;8*1-2H3. The summed E-state index contributed by atoms with van der Waals surface area (Å²) < 4.78 is 11.5. The van der Waals surface area contributed by atoms with Gasteiger partial charge in [0, 0.05) is 46.6 Å². The van der Waals surface area contributed by atoms with E-state index in [1.807, 2.05) is 188 Å². The molecule has 0 saturated carbocycles. The maximum Gasteiger partial charge on any atom is 0.198 e. The Bertz CT molecular complexity index is 2790. The molecule has 0 N–H and O–H groups in total. The number of fused-ring (bicyclic) bond motifs is 5. The van der Waals surface area contributed by atoms with Crippen LogP contribution in [0.4, 0.5) is 0 Å². The number of oxazole rings is 1. The predicted octanol–water partition coefficient (Wildman–Crippen LogP) is 25.1. The molecule has 4 aromatic carbocycles. The minimum Gasteiger partial charge on any atom is -0.440 e. The van der Waals surface area contributed by atoms with Gasteiger partial charge in [0.1, 0.15) is 5.52 Å². The van der Waals surface area contributed by atoms with Crippen molar-refractivity contribution in [3.8, 4) is 0 Å². The number of nitrogens with zero attached hydrogens (tertiary/aromatic N) is 7. The third-order valence-corrected chi connectivity index (χ3v) is 15.8. The number of para-hydroxylation sites is 5. The Morgan fingerprint density at radius 2 is 0.941 bits per heavy atom. The summed E-state index contributed by atoms with van der Waals surface area (Å²) in [5, 5.41) is 10.1. The van der Waals surface area contributed by atoms with Crippen LogP contribution in [0.1, 0.15) is 261 Å². The monoisotopic (exact) mass is 1260 g/mol. The van der Waals surface area contributed by atoms with Gasteiger partial charge in [0.05, 0.1) is 37.0 Å². The Balaban J connectivity index is -0.000000908. The SMILES string of the molecule is CC.CC.CC.CC.CC.CC.CC.CC.CC(C)c1cc2ccccn2n1.CC(C)c1ccc2ccccc2n1.CC(C)c1nc2ccccc2[se]1.CC(C)c1nc2ccccc2o1.CC(C)c1nc2ccccc2s1.CC(C)c1nccs1. The molecule has 470 valence electrons. The molecule has 8 nitrogen and oxygen atoms in total. The zero-order valence-electron chi connectivity index (χ0n) is 58.2. The van der Waals surface area contributed by atoms with Crippen molar-refractivity contribution in [2.45, 2.75) is 229 Å². The molecule has 0 atom stereocenters. The van der Waals surface area contributed by atoms with Gasteiger partial charge in [-0.05, 0) is 66.4 Å². The predicted molar refractivity (Wildman–Crippen MR) is 387 cm³/mol. The van der Waals surface area contributed by atoms with Crippen molar-refractivity contribution in [2.24, 2.45) is 0 Å². The third-order valence-electron chi connectivity index (χ3n) is 10.6. The van der Waals surface area contributed by atoms with Gasteiger partial charge in [-0.15, -0.1) is 22.7 Å². The van der Waals surface area contributed by atoms with Gasteiger partial charge in [0.25, 0.3) is 0 Å². The van der Waals surface area contributed by atoms with Gasteiger partial charge in [-0.25, -0.2) is 19.5 Å². The molecular formula is C74H115N7OS2Se. The minimum absolute atomic E-state index is 0.359. The quantitative estimate of drug-likeness (QED) is 0.153. The molecule has 11 heteroatoms. The summed E-state index contributed by atoms with van der Waals surface area (Å²) in [6.45, 7) is 57.9. The molecular weight excluding hydrogens is 1150 g/mol. The molecule has 0 amide bonds. The van der Waals surface area contributed by atoms with Crippen LogP contribution in [0, 0.1) is 0 Å². The van der Waals surface area contributed by atoms with Gasteiger partial charge in [-0.3, -0.25) is 4.98 Å². The summed E-state index contributed by atoms with van der Waals surface area (Å²) in [6.07, 6.45) is 3.82. The van der Waals surface area contributed by atoms with Crippen LogP contribution in [0.15, 0.2) is 156 Å². The average Bonchev–Trinajstić information content (AvgIpc) is 4.54. The molecule has 7 heterocycles. The van der Waals surface area contributed by atoms with E-state index < -0.39 is 0 Å². The van der Waals surface area contributed by atoms with Crippen LogP contribution in [0.3, 0.4) is 0 Å². The number of hydrogen-bond donors (Lipinski definition) is 0. The zero-order valence-corrected chi connectivity index (χ0v) is 61.5. The van der Waals surface area contributed by atoms with Gasteiger partial charge >= 0.3 is 77.9 Å². The van der Waals surface area contributed by atoms with E-state index in [9.17, 15) is 0 Å². The van der Waals surface area contributed by atoms with E-state index >= 15 is 0 Å². The van der Waals surface area contributed by atoms with Crippen LogP contribution in [0.5, 0.6) is 0 Å². The van der Waals surface area contributed by atoms with Crippen molar-refractivity contribution in [3.63, 3.8) is 0 Å². The summed E-state index contributed by atoms with van der Waals surface area (Å²) in [5.41, 5.74) is 8.73. The van der Waals surface area contributed by atoms with E-state index in [1.54, 1.807) is 22.7 Å². The molecule has 7 aromatic heterocycles. The smallest absolute Gasteiger partial charge is 0.198 e. The van der Waals surface area contributed by atoms with Crippen LogP contribution < -0.4 is 0 Å². The normalized spacial score (nSPS) is 9.58. The third kappa shape index (κ3) is 30.9. The first kappa shape index (κ1) is 83.4. The second-order valence-electron chi connectivity index (χ2n) is 18.4. The largest absolute Gasteiger partial charge is 0.440 e. The summed E-state index contributed by atoms with van der Waals surface area (Å²) in [6, 6.07) is 45.2. The Hall–Kier alpha value is -5.84. The molecule has 0 unspecified atom stereocenters. The van der Waals surface area contributed by atoms with Crippen molar-refractivity contribution in [2.75, 3.05) is 0 Å². The van der Waals surface area contributed by atoms with E-state index in [1.165, 1.54) is 45.7 Å². The minimum atomic E-state index is 0.359. The van der Waals surface area contributed by atoms with Crippen molar-refractivity contribution in [3.05, 3.63) is 183 Å². The fourth-order valence-electron chi connectivity index (χ4n) is 6.57. The molecule has 11 rings (SSSR count). The zero-order chi connectivity index (χ0) is 65.5. The molecule has 0 aliphatic carbocycles. The number of rotatable bonds is 6. The second-order valence-corrected chi connectivity index (χ2v) is 22.6. The number of thiazole rings is 2. The van der Waals surface area contributed by atoms with Gasteiger partial charge in [-0.2, -0.15) is 5.10 Å². The first-order chi connectivity index (χ1) is 41.2. The topological polar surface area (TPSA) is 94.9 Å². The summed E-state index contributed by atoms with van der Waals surface area (Å²) in [7, 11) is 0. The fraction of sp³-hybridized carbons (Fsp3) is 0.459. The summed E-state index contributed by atoms with van der Waals surface area (Å²) in [5.74, 6) is 3.93. The van der Waals surface area contributed by atoms with E-state index in [4.69, 9.17) is 4.42 Å². The van der Waals surface area contributed by atoms with Gasteiger partial charge < -0.3 is 4.42 Å². The fourth-order valence-corrected chi connectivity index (χ4v) is 10.2. The van der Waals surface area contributed by atoms with E-state index in [0.717, 1.165) is 33.7 Å². The number of pyridine rings is 2. The van der Waals surface area contributed by atoms with Gasteiger partial charge in [0.15, 0.2) is 11.5 Å². The van der Waals surface area contributed by atoms with Crippen LogP contribution >= 0.6 is 22.7 Å².